The summed E-state index contributed by atoms with van der Waals surface area (Å²) in [5.74, 6) is 1.42. The highest BCUT2D eigenvalue weighted by Crippen LogP contribution is 2.34. The van der Waals surface area contributed by atoms with E-state index in [2.05, 4.69) is 10.6 Å². The molecule has 6 heteroatoms. The second-order valence-corrected chi connectivity index (χ2v) is 5.38. The number of benzene rings is 2. The van der Waals surface area contributed by atoms with Crippen LogP contribution in [-0.4, -0.2) is 12.8 Å². The van der Waals surface area contributed by atoms with Crippen molar-refractivity contribution in [1.29, 1.82) is 0 Å². The van der Waals surface area contributed by atoms with E-state index >= 15 is 0 Å². The van der Waals surface area contributed by atoms with Crippen LogP contribution in [0.1, 0.15) is 18.5 Å². The number of nitrogens with one attached hydrogen (secondary N) is 2. The highest BCUT2D eigenvalue weighted by Gasteiger charge is 2.16. The molecule has 0 radical (unpaired) electrons. The predicted octanol–water partition coefficient (Wildman–Crippen LogP) is 3.95. The van der Waals surface area contributed by atoms with Gasteiger partial charge in [0.25, 0.3) is 0 Å². The number of halogens is 1. The minimum atomic E-state index is -0.285. The van der Waals surface area contributed by atoms with Crippen molar-refractivity contribution in [3.05, 3.63) is 53.1 Å². The van der Waals surface area contributed by atoms with Crippen LogP contribution in [0.4, 0.5) is 10.5 Å². The van der Waals surface area contributed by atoms with Gasteiger partial charge in [0.1, 0.15) is 0 Å². The molecule has 0 fully saturated rings. The molecule has 1 aliphatic rings. The fourth-order valence-corrected chi connectivity index (χ4v) is 2.29. The Labute approximate surface area is 133 Å². The molecule has 0 saturated carbocycles. The molecule has 114 valence electrons. The number of anilines is 1. The number of amides is 2. The molecule has 0 unspecified atom stereocenters. The van der Waals surface area contributed by atoms with Gasteiger partial charge in [0.2, 0.25) is 6.79 Å². The maximum absolute atomic E-state index is 12.0. The molecule has 5 nitrogen and oxygen atoms in total. The molecule has 0 aromatic heterocycles. The lowest BCUT2D eigenvalue weighted by molar-refractivity contribution is 0.174. The molecule has 0 aliphatic carbocycles. The van der Waals surface area contributed by atoms with Crippen molar-refractivity contribution in [2.45, 2.75) is 13.0 Å². The molecule has 0 bridgehead atoms. The molecule has 3 rings (SSSR count). The van der Waals surface area contributed by atoms with E-state index in [4.69, 9.17) is 21.1 Å². The highest BCUT2D eigenvalue weighted by atomic mass is 35.5. The minimum absolute atomic E-state index is 0.165. The first-order chi connectivity index (χ1) is 10.6. The lowest BCUT2D eigenvalue weighted by Crippen LogP contribution is -2.31. The standard InChI is InChI=1S/C16H15ClN2O3/c1-10(11-2-7-14-15(8-11)22-9-21-14)18-16(20)19-13-5-3-12(17)4-6-13/h2-8,10H,9H2,1H3,(H2,18,19,20)/t10-/m1/s1. The van der Waals surface area contributed by atoms with Crippen molar-refractivity contribution in [3.63, 3.8) is 0 Å². The zero-order valence-corrected chi connectivity index (χ0v) is 12.7. The summed E-state index contributed by atoms with van der Waals surface area (Å²) in [5, 5.41) is 6.25. The summed E-state index contributed by atoms with van der Waals surface area (Å²) in [6.45, 7) is 2.14. The third-order valence-corrected chi connectivity index (χ3v) is 3.60. The van der Waals surface area contributed by atoms with Crippen LogP contribution in [-0.2, 0) is 0 Å². The molecule has 1 heterocycles. The Morgan fingerprint density at radius 3 is 2.64 bits per heavy atom. The predicted molar refractivity (Wildman–Crippen MR) is 84.6 cm³/mol. The molecule has 2 aromatic rings. The van der Waals surface area contributed by atoms with E-state index in [9.17, 15) is 4.79 Å². The van der Waals surface area contributed by atoms with Gasteiger partial charge in [-0.25, -0.2) is 4.79 Å². The highest BCUT2D eigenvalue weighted by molar-refractivity contribution is 6.30. The van der Waals surface area contributed by atoms with Gasteiger partial charge in [0.15, 0.2) is 11.5 Å². The van der Waals surface area contributed by atoms with Gasteiger partial charge >= 0.3 is 6.03 Å². The Bertz CT molecular complexity index is 688. The van der Waals surface area contributed by atoms with E-state index in [1.807, 2.05) is 25.1 Å². The first-order valence-electron chi connectivity index (χ1n) is 6.84. The first-order valence-corrected chi connectivity index (χ1v) is 7.22. The monoisotopic (exact) mass is 318 g/mol. The first kappa shape index (κ1) is 14.5. The maximum Gasteiger partial charge on any atom is 0.319 e. The number of carbonyl (C=O) groups is 1. The summed E-state index contributed by atoms with van der Waals surface area (Å²) in [4.78, 5) is 12.0. The number of ether oxygens (including phenoxy) is 2. The van der Waals surface area contributed by atoms with Gasteiger partial charge in [-0.2, -0.15) is 0 Å². The van der Waals surface area contributed by atoms with Crippen LogP contribution < -0.4 is 20.1 Å². The SMILES string of the molecule is C[C@@H](NC(=O)Nc1ccc(Cl)cc1)c1ccc2c(c1)OCO2. The summed E-state index contributed by atoms with van der Waals surface area (Å²) in [7, 11) is 0. The summed E-state index contributed by atoms with van der Waals surface area (Å²) >= 11 is 5.81. The molecule has 1 atom stereocenters. The van der Waals surface area contributed by atoms with Crippen molar-refractivity contribution in [2.24, 2.45) is 0 Å². The van der Waals surface area contributed by atoms with E-state index < -0.39 is 0 Å². The van der Waals surface area contributed by atoms with E-state index in [0.717, 1.165) is 11.3 Å². The third-order valence-electron chi connectivity index (χ3n) is 3.35. The number of rotatable bonds is 3. The van der Waals surface area contributed by atoms with Crippen LogP contribution in [0.15, 0.2) is 42.5 Å². The van der Waals surface area contributed by atoms with Gasteiger partial charge in [0.05, 0.1) is 6.04 Å². The zero-order valence-electron chi connectivity index (χ0n) is 11.9. The second-order valence-electron chi connectivity index (χ2n) is 4.94. The third kappa shape index (κ3) is 3.26. The second kappa shape index (κ2) is 6.15. The average molecular weight is 319 g/mol. The number of urea groups is 1. The van der Waals surface area contributed by atoms with E-state index in [1.54, 1.807) is 24.3 Å². The van der Waals surface area contributed by atoms with Crippen LogP contribution in [0.5, 0.6) is 11.5 Å². The van der Waals surface area contributed by atoms with Crippen LogP contribution in [0.3, 0.4) is 0 Å². The van der Waals surface area contributed by atoms with Crippen LogP contribution >= 0.6 is 11.6 Å². The largest absolute Gasteiger partial charge is 0.454 e. The Balaban J connectivity index is 1.62. The molecule has 1 aliphatic heterocycles. The molecular weight excluding hydrogens is 304 g/mol. The van der Waals surface area contributed by atoms with Crippen molar-refractivity contribution >= 4 is 23.3 Å². The van der Waals surface area contributed by atoms with Crippen molar-refractivity contribution in [2.75, 3.05) is 12.1 Å². The molecule has 0 saturated heterocycles. The Hall–Kier alpha value is -2.40. The van der Waals surface area contributed by atoms with Crippen LogP contribution in [0.2, 0.25) is 5.02 Å². The van der Waals surface area contributed by atoms with E-state index in [-0.39, 0.29) is 18.9 Å². The van der Waals surface area contributed by atoms with Gasteiger partial charge in [-0.05, 0) is 48.9 Å². The summed E-state index contributed by atoms with van der Waals surface area (Å²) in [5.41, 5.74) is 1.62. The van der Waals surface area contributed by atoms with Crippen LogP contribution in [0, 0.1) is 0 Å². The lowest BCUT2D eigenvalue weighted by Gasteiger charge is -2.15. The van der Waals surface area contributed by atoms with E-state index in [0.29, 0.717) is 16.5 Å². The van der Waals surface area contributed by atoms with Gasteiger partial charge in [0, 0.05) is 10.7 Å². The number of carbonyl (C=O) groups excluding carboxylic acids is 1. The van der Waals surface area contributed by atoms with E-state index in [1.165, 1.54) is 0 Å². The number of fused-ring (bicyclic) bond motifs is 1. The quantitative estimate of drug-likeness (QED) is 0.900. The van der Waals surface area contributed by atoms with Crippen molar-refractivity contribution in [1.82, 2.24) is 5.32 Å². The molecule has 22 heavy (non-hydrogen) atoms. The van der Waals surface area contributed by atoms with Gasteiger partial charge in [-0.1, -0.05) is 17.7 Å². The molecule has 2 aromatic carbocycles. The van der Waals surface area contributed by atoms with Gasteiger partial charge in [-0.15, -0.1) is 0 Å². The van der Waals surface area contributed by atoms with Crippen LogP contribution in [0.25, 0.3) is 0 Å². The summed E-state index contributed by atoms with van der Waals surface area (Å²) < 4.78 is 10.6. The normalized spacial score (nSPS) is 13.5. The molecular formula is C16H15ClN2O3. The van der Waals surface area contributed by atoms with Crippen molar-refractivity contribution < 1.29 is 14.3 Å². The molecule has 2 N–H and O–H groups in total. The Morgan fingerprint density at radius 1 is 1.14 bits per heavy atom. The number of hydrogen-bond acceptors (Lipinski definition) is 3. The summed E-state index contributed by atoms with van der Waals surface area (Å²) in [6.07, 6.45) is 0. The van der Waals surface area contributed by atoms with Crippen molar-refractivity contribution in [3.8, 4) is 11.5 Å². The number of hydrogen-bond donors (Lipinski definition) is 2. The fourth-order valence-electron chi connectivity index (χ4n) is 2.16. The fraction of sp³-hybridized carbons (Fsp3) is 0.188. The smallest absolute Gasteiger partial charge is 0.319 e. The van der Waals surface area contributed by atoms with Gasteiger partial charge in [-0.3, -0.25) is 0 Å². The maximum atomic E-state index is 12.0. The molecule has 2 amide bonds. The topological polar surface area (TPSA) is 59.6 Å². The molecule has 0 spiro atoms. The lowest BCUT2D eigenvalue weighted by atomic mass is 10.1. The Kier molecular flexibility index (Phi) is 4.06. The Morgan fingerprint density at radius 2 is 1.86 bits per heavy atom. The van der Waals surface area contributed by atoms with Gasteiger partial charge < -0.3 is 20.1 Å². The average Bonchev–Trinajstić information content (AvgIpc) is 2.97. The summed E-state index contributed by atoms with van der Waals surface area (Å²) in [6, 6.07) is 12.1. The zero-order chi connectivity index (χ0) is 15.5. The minimum Gasteiger partial charge on any atom is -0.454 e.